The van der Waals surface area contributed by atoms with E-state index >= 15 is 0 Å². The summed E-state index contributed by atoms with van der Waals surface area (Å²) in [4.78, 5) is 16.0. The molecule has 130 valence electrons. The molecular formula is C17H22Cl2N4O. The molecule has 0 aliphatic carbocycles. The first-order valence-corrected chi connectivity index (χ1v) is 8.07. The van der Waals surface area contributed by atoms with Crippen LogP contribution in [0.2, 0.25) is 5.15 Å². The number of aryl methyl sites for hydroxylation is 1. The number of rotatable bonds is 7. The Bertz CT molecular complexity index is 719. The molecule has 0 bridgehead atoms. The lowest BCUT2D eigenvalue weighted by Crippen LogP contribution is -2.17. The smallest absolute Gasteiger partial charge is 0.240 e. The molecule has 2 rings (SSSR count). The van der Waals surface area contributed by atoms with Gasteiger partial charge in [0.15, 0.2) is 0 Å². The Hall–Kier alpha value is -1.69. The minimum Gasteiger partial charge on any atom is -0.330 e. The highest BCUT2D eigenvalue weighted by molar-refractivity contribution is 6.32. The highest BCUT2D eigenvalue weighted by Gasteiger charge is 2.04. The van der Waals surface area contributed by atoms with Gasteiger partial charge in [-0.15, -0.1) is 12.4 Å². The van der Waals surface area contributed by atoms with E-state index in [0.29, 0.717) is 23.7 Å². The molecule has 0 radical (unpaired) electrons. The van der Waals surface area contributed by atoms with E-state index in [2.05, 4.69) is 15.5 Å². The molecule has 3 N–H and O–H groups in total. The highest BCUT2D eigenvalue weighted by Crippen LogP contribution is 2.20. The molecule has 1 aromatic heterocycles. The number of amides is 1. The normalized spacial score (nSPS) is 10.8. The maximum Gasteiger partial charge on any atom is 0.240 e. The number of nitrogens with one attached hydrogen (secondary N) is 1. The number of aromatic nitrogens is 1. The number of carbonyl (C=O) groups is 1. The van der Waals surface area contributed by atoms with E-state index in [1.165, 1.54) is 6.21 Å². The number of hydrazone groups is 1. The number of halogens is 2. The van der Waals surface area contributed by atoms with Crippen LogP contribution in [0.15, 0.2) is 29.4 Å². The number of unbranched alkanes of at least 4 members (excludes halogenated alkanes) is 2. The lowest BCUT2D eigenvalue weighted by molar-refractivity contribution is -0.121. The van der Waals surface area contributed by atoms with Crippen LogP contribution in [0.4, 0.5) is 0 Å². The van der Waals surface area contributed by atoms with E-state index in [1.807, 2.05) is 31.2 Å². The third-order valence-electron chi connectivity index (χ3n) is 3.45. The summed E-state index contributed by atoms with van der Waals surface area (Å²) in [5.74, 6) is -0.112. The number of nitrogens with zero attached hydrogens (tertiary/aromatic N) is 2. The maximum absolute atomic E-state index is 11.6. The molecule has 5 nitrogen and oxygen atoms in total. The Morgan fingerprint density at radius 1 is 1.33 bits per heavy atom. The number of benzene rings is 1. The fourth-order valence-corrected chi connectivity index (χ4v) is 2.39. The Labute approximate surface area is 153 Å². The van der Waals surface area contributed by atoms with Gasteiger partial charge in [0.05, 0.1) is 11.7 Å². The van der Waals surface area contributed by atoms with Crippen LogP contribution in [0, 0.1) is 6.92 Å². The predicted octanol–water partition coefficient (Wildman–Crippen LogP) is 3.59. The van der Waals surface area contributed by atoms with Crippen LogP contribution < -0.4 is 11.2 Å². The van der Waals surface area contributed by atoms with Crippen LogP contribution in [-0.4, -0.2) is 23.7 Å². The maximum atomic E-state index is 11.6. The molecule has 0 aliphatic rings. The zero-order valence-corrected chi connectivity index (χ0v) is 15.2. The van der Waals surface area contributed by atoms with Gasteiger partial charge in [-0.1, -0.05) is 30.2 Å². The number of carbonyl (C=O) groups excluding carboxylic acids is 1. The van der Waals surface area contributed by atoms with E-state index in [9.17, 15) is 4.79 Å². The Balaban J connectivity index is 0.00000288. The SMILES string of the molecule is Cc1ccc2cc(/C=N/NC(=O)CCCCCN)c(Cl)nc2c1.Cl. The third-order valence-corrected chi connectivity index (χ3v) is 3.76. The molecule has 0 aliphatic heterocycles. The topological polar surface area (TPSA) is 80.4 Å². The standard InChI is InChI=1S/C17H21ClN4O.ClH/c1-12-6-7-13-10-14(17(18)21-15(13)9-12)11-20-22-16(23)5-3-2-4-8-19;/h6-7,9-11H,2-5,8,19H2,1H3,(H,22,23);1H/b20-11+;. The Morgan fingerprint density at radius 2 is 2.12 bits per heavy atom. The zero-order chi connectivity index (χ0) is 16.7. The minimum atomic E-state index is -0.112. The number of fused-ring (bicyclic) bond motifs is 1. The van der Waals surface area contributed by atoms with Crippen LogP contribution >= 0.6 is 24.0 Å². The van der Waals surface area contributed by atoms with E-state index in [4.69, 9.17) is 17.3 Å². The van der Waals surface area contributed by atoms with Gasteiger partial charge in [0.25, 0.3) is 0 Å². The van der Waals surface area contributed by atoms with Crippen LogP contribution in [0.5, 0.6) is 0 Å². The number of hydrogen-bond donors (Lipinski definition) is 2. The van der Waals surface area contributed by atoms with Gasteiger partial charge < -0.3 is 5.73 Å². The summed E-state index contributed by atoms with van der Waals surface area (Å²) in [5.41, 5.74) is 10.6. The summed E-state index contributed by atoms with van der Waals surface area (Å²) < 4.78 is 0. The molecule has 0 spiro atoms. The van der Waals surface area contributed by atoms with Crippen LogP contribution in [0.3, 0.4) is 0 Å². The second-order valence-electron chi connectivity index (χ2n) is 5.46. The molecule has 1 amide bonds. The summed E-state index contributed by atoms with van der Waals surface area (Å²) in [6.45, 7) is 2.67. The summed E-state index contributed by atoms with van der Waals surface area (Å²) in [7, 11) is 0. The summed E-state index contributed by atoms with van der Waals surface area (Å²) in [6, 6.07) is 7.88. The quantitative estimate of drug-likeness (QED) is 0.339. The predicted molar refractivity (Wildman–Crippen MR) is 102 cm³/mol. The Kier molecular flexibility index (Phi) is 8.68. The fourth-order valence-electron chi connectivity index (χ4n) is 2.20. The van der Waals surface area contributed by atoms with Crippen molar-refractivity contribution in [2.45, 2.75) is 32.6 Å². The van der Waals surface area contributed by atoms with Crippen molar-refractivity contribution in [1.29, 1.82) is 0 Å². The first kappa shape index (κ1) is 20.4. The summed E-state index contributed by atoms with van der Waals surface area (Å²) >= 11 is 6.16. The molecular weight excluding hydrogens is 347 g/mol. The van der Waals surface area contributed by atoms with Gasteiger partial charge in [-0.3, -0.25) is 4.79 Å². The fraction of sp³-hybridized carbons (Fsp3) is 0.353. The molecule has 24 heavy (non-hydrogen) atoms. The molecule has 0 unspecified atom stereocenters. The number of pyridine rings is 1. The van der Waals surface area contributed by atoms with Gasteiger partial charge in [0, 0.05) is 17.4 Å². The van der Waals surface area contributed by atoms with Crippen molar-refractivity contribution < 1.29 is 4.79 Å². The highest BCUT2D eigenvalue weighted by atomic mass is 35.5. The van der Waals surface area contributed by atoms with Gasteiger partial charge >= 0.3 is 0 Å². The van der Waals surface area contributed by atoms with Crippen LogP contribution in [-0.2, 0) is 4.79 Å². The van der Waals surface area contributed by atoms with E-state index in [-0.39, 0.29) is 18.3 Å². The molecule has 0 saturated carbocycles. The van der Waals surface area contributed by atoms with Crippen LogP contribution in [0.25, 0.3) is 10.9 Å². The van der Waals surface area contributed by atoms with E-state index < -0.39 is 0 Å². The molecule has 0 fully saturated rings. The molecule has 1 heterocycles. The number of nitrogens with two attached hydrogens (primary N) is 1. The van der Waals surface area contributed by atoms with Crippen molar-refractivity contribution in [2.75, 3.05) is 6.54 Å². The second-order valence-corrected chi connectivity index (χ2v) is 5.82. The van der Waals surface area contributed by atoms with Gasteiger partial charge in [-0.2, -0.15) is 5.10 Å². The first-order valence-electron chi connectivity index (χ1n) is 7.69. The molecule has 7 heteroatoms. The van der Waals surface area contributed by atoms with Gasteiger partial charge in [-0.05, 0) is 44.0 Å². The van der Waals surface area contributed by atoms with Gasteiger partial charge in [0.2, 0.25) is 5.91 Å². The van der Waals surface area contributed by atoms with Crippen molar-refractivity contribution in [3.63, 3.8) is 0 Å². The van der Waals surface area contributed by atoms with Gasteiger partial charge in [0.1, 0.15) is 5.15 Å². The van der Waals surface area contributed by atoms with Crippen molar-refractivity contribution >= 4 is 47.0 Å². The zero-order valence-electron chi connectivity index (χ0n) is 13.6. The third kappa shape index (κ3) is 6.07. The molecule has 0 saturated heterocycles. The number of hydrogen-bond acceptors (Lipinski definition) is 4. The first-order chi connectivity index (χ1) is 11.1. The minimum absolute atomic E-state index is 0. The van der Waals surface area contributed by atoms with E-state index in [1.54, 1.807) is 0 Å². The van der Waals surface area contributed by atoms with E-state index in [0.717, 1.165) is 35.7 Å². The van der Waals surface area contributed by atoms with Crippen molar-refractivity contribution in [2.24, 2.45) is 10.8 Å². The Morgan fingerprint density at radius 3 is 2.88 bits per heavy atom. The van der Waals surface area contributed by atoms with Crippen molar-refractivity contribution in [3.05, 3.63) is 40.5 Å². The monoisotopic (exact) mass is 368 g/mol. The van der Waals surface area contributed by atoms with Crippen molar-refractivity contribution in [1.82, 2.24) is 10.4 Å². The second kappa shape index (κ2) is 10.2. The van der Waals surface area contributed by atoms with Crippen molar-refractivity contribution in [3.8, 4) is 0 Å². The molecule has 0 atom stereocenters. The average molecular weight is 369 g/mol. The lowest BCUT2D eigenvalue weighted by atomic mass is 10.1. The summed E-state index contributed by atoms with van der Waals surface area (Å²) in [6.07, 6.45) is 4.67. The summed E-state index contributed by atoms with van der Waals surface area (Å²) in [5, 5.41) is 5.30. The van der Waals surface area contributed by atoms with Crippen LogP contribution in [0.1, 0.15) is 36.8 Å². The molecule has 1 aromatic carbocycles. The molecule has 2 aromatic rings. The average Bonchev–Trinajstić information content (AvgIpc) is 2.52. The lowest BCUT2D eigenvalue weighted by Gasteiger charge is -2.03. The largest absolute Gasteiger partial charge is 0.330 e. The van der Waals surface area contributed by atoms with Gasteiger partial charge in [-0.25, -0.2) is 10.4 Å².